The first-order valence-electron chi connectivity index (χ1n) is 8.32. The van der Waals surface area contributed by atoms with Crippen molar-refractivity contribution in [2.24, 2.45) is 0 Å². The van der Waals surface area contributed by atoms with Crippen LogP contribution >= 0.6 is 0 Å². The molecule has 5 nitrogen and oxygen atoms in total. The molecule has 0 amide bonds. The predicted molar refractivity (Wildman–Crippen MR) is 101 cm³/mol. The quantitative estimate of drug-likeness (QED) is 0.557. The minimum atomic E-state index is -0.368. The van der Waals surface area contributed by atoms with Gasteiger partial charge in [-0.15, -0.1) is 0 Å². The summed E-state index contributed by atoms with van der Waals surface area (Å²) in [5, 5.41) is 10.6. The number of aryl methyl sites for hydroxylation is 3. The van der Waals surface area contributed by atoms with Crippen LogP contribution in [0.2, 0.25) is 0 Å². The molecule has 0 unspecified atom stereocenters. The molecule has 2 aromatic heterocycles. The normalized spacial score (nSPS) is 11.1. The van der Waals surface area contributed by atoms with Gasteiger partial charge in [-0.1, -0.05) is 17.7 Å². The van der Waals surface area contributed by atoms with Crippen LogP contribution in [0.4, 0.5) is 15.9 Å². The number of aromatic nitrogens is 4. The third-order valence-electron chi connectivity index (χ3n) is 4.39. The highest BCUT2D eigenvalue weighted by Crippen LogP contribution is 2.28. The summed E-state index contributed by atoms with van der Waals surface area (Å²) >= 11 is 0. The van der Waals surface area contributed by atoms with E-state index in [0.717, 1.165) is 27.6 Å². The largest absolute Gasteiger partial charge is 0.337 e. The van der Waals surface area contributed by atoms with Crippen molar-refractivity contribution in [3.8, 4) is 11.4 Å². The smallest absolute Gasteiger partial charge is 0.161 e. The molecule has 4 rings (SSSR count). The van der Waals surface area contributed by atoms with Crippen molar-refractivity contribution in [1.29, 1.82) is 0 Å². The van der Waals surface area contributed by atoms with Crippen molar-refractivity contribution in [2.45, 2.75) is 20.8 Å². The van der Waals surface area contributed by atoms with E-state index in [1.165, 1.54) is 6.07 Å². The van der Waals surface area contributed by atoms with Gasteiger partial charge >= 0.3 is 0 Å². The molecule has 4 aromatic rings. The molecule has 0 aliphatic heterocycles. The zero-order valence-corrected chi connectivity index (χ0v) is 14.8. The molecule has 0 aliphatic carbocycles. The average Bonchev–Trinajstić information content (AvgIpc) is 3.06. The third kappa shape index (κ3) is 2.90. The van der Waals surface area contributed by atoms with E-state index in [0.29, 0.717) is 22.8 Å². The number of halogens is 1. The lowest BCUT2D eigenvalue weighted by Crippen LogP contribution is -2.02. The highest BCUT2D eigenvalue weighted by Gasteiger charge is 2.12. The highest BCUT2D eigenvalue weighted by molar-refractivity contribution is 5.83. The number of H-pyrrole nitrogens is 1. The van der Waals surface area contributed by atoms with Crippen molar-refractivity contribution in [2.75, 3.05) is 5.32 Å². The molecule has 2 heterocycles. The fourth-order valence-electron chi connectivity index (χ4n) is 2.86. The summed E-state index contributed by atoms with van der Waals surface area (Å²) in [6.07, 6.45) is 3.41. The molecule has 0 spiro atoms. The predicted octanol–water partition coefficient (Wildman–Crippen LogP) is 4.83. The van der Waals surface area contributed by atoms with Crippen LogP contribution in [-0.2, 0) is 0 Å². The zero-order chi connectivity index (χ0) is 18.3. The van der Waals surface area contributed by atoms with Gasteiger partial charge in [-0.2, -0.15) is 5.10 Å². The summed E-state index contributed by atoms with van der Waals surface area (Å²) in [5.74, 6) is 0.829. The second-order valence-corrected chi connectivity index (χ2v) is 6.46. The minimum absolute atomic E-state index is 0.354. The Morgan fingerprint density at radius 3 is 2.69 bits per heavy atom. The molecule has 0 saturated carbocycles. The molecular weight excluding hydrogens is 329 g/mol. The maximum absolute atomic E-state index is 14.4. The van der Waals surface area contributed by atoms with Gasteiger partial charge in [-0.05, 0) is 38.5 Å². The van der Waals surface area contributed by atoms with Crippen LogP contribution in [0.15, 0.2) is 42.7 Å². The fourth-order valence-corrected chi connectivity index (χ4v) is 2.86. The molecular formula is C20H18FN5. The molecule has 0 fully saturated rings. The Balaban J connectivity index is 1.76. The van der Waals surface area contributed by atoms with Crippen LogP contribution in [-0.4, -0.2) is 20.2 Å². The van der Waals surface area contributed by atoms with Crippen molar-refractivity contribution < 1.29 is 4.39 Å². The lowest BCUT2D eigenvalue weighted by Gasteiger charge is -2.12. The van der Waals surface area contributed by atoms with E-state index >= 15 is 0 Å². The highest BCUT2D eigenvalue weighted by atomic mass is 19.1. The third-order valence-corrected chi connectivity index (χ3v) is 4.39. The van der Waals surface area contributed by atoms with Crippen molar-refractivity contribution in [3.63, 3.8) is 0 Å². The van der Waals surface area contributed by atoms with Gasteiger partial charge in [0, 0.05) is 28.8 Å². The first-order chi connectivity index (χ1) is 12.5. The minimum Gasteiger partial charge on any atom is -0.337 e. The number of hydrogen-bond acceptors (Lipinski definition) is 4. The van der Waals surface area contributed by atoms with Crippen LogP contribution in [0.1, 0.15) is 16.7 Å². The number of hydrogen-bond donors (Lipinski definition) is 2. The van der Waals surface area contributed by atoms with Crippen molar-refractivity contribution in [3.05, 3.63) is 65.2 Å². The van der Waals surface area contributed by atoms with Crippen LogP contribution in [0, 0.1) is 26.6 Å². The second-order valence-electron chi connectivity index (χ2n) is 6.46. The molecule has 0 atom stereocenters. The molecule has 130 valence electrons. The number of benzene rings is 2. The molecule has 2 aromatic carbocycles. The van der Waals surface area contributed by atoms with E-state index in [-0.39, 0.29) is 5.82 Å². The Morgan fingerprint density at radius 2 is 1.85 bits per heavy atom. The van der Waals surface area contributed by atoms with E-state index in [1.807, 2.05) is 26.8 Å². The number of nitrogens with one attached hydrogen (secondary N) is 2. The number of nitrogens with zero attached hydrogens (tertiary/aromatic N) is 3. The molecule has 2 N–H and O–H groups in total. The van der Waals surface area contributed by atoms with Crippen LogP contribution < -0.4 is 5.32 Å². The van der Waals surface area contributed by atoms with E-state index in [9.17, 15) is 4.39 Å². The number of fused-ring (bicyclic) bond motifs is 1. The van der Waals surface area contributed by atoms with Gasteiger partial charge in [0.05, 0.1) is 17.4 Å². The molecule has 26 heavy (non-hydrogen) atoms. The maximum Gasteiger partial charge on any atom is 0.161 e. The molecule has 0 aliphatic rings. The average molecular weight is 347 g/mol. The summed E-state index contributed by atoms with van der Waals surface area (Å²) in [6, 6.07) is 9.30. The molecule has 0 radical (unpaired) electrons. The summed E-state index contributed by atoms with van der Waals surface area (Å²) in [5.41, 5.74) is 5.05. The number of rotatable bonds is 3. The Kier molecular flexibility index (Phi) is 3.88. The van der Waals surface area contributed by atoms with Crippen molar-refractivity contribution >= 4 is 22.4 Å². The van der Waals surface area contributed by atoms with Gasteiger partial charge in [-0.3, -0.25) is 5.10 Å². The molecule has 0 bridgehead atoms. The van der Waals surface area contributed by atoms with Gasteiger partial charge in [0.15, 0.2) is 5.82 Å². The standard InChI is InChI=1S/C20H18FN5/c1-11-4-5-12(2)15(6-11)20-22-9-13(3)19(25-20)24-18-7-14-10-23-26-17(14)8-16(18)21/h4-10H,1-3H3,(H,23,26)(H,22,24,25). The first-order valence-corrected chi connectivity index (χ1v) is 8.32. The molecule has 6 heteroatoms. The Morgan fingerprint density at radius 1 is 1.00 bits per heavy atom. The monoisotopic (exact) mass is 347 g/mol. The number of aromatic amines is 1. The van der Waals surface area contributed by atoms with Gasteiger partial charge in [0.1, 0.15) is 11.6 Å². The van der Waals surface area contributed by atoms with E-state index in [2.05, 4.69) is 37.6 Å². The second kappa shape index (κ2) is 6.22. The van der Waals surface area contributed by atoms with E-state index in [1.54, 1.807) is 18.5 Å². The first kappa shape index (κ1) is 16.2. The Labute approximate surface area is 150 Å². The van der Waals surface area contributed by atoms with Crippen LogP contribution in [0.3, 0.4) is 0 Å². The van der Waals surface area contributed by atoms with Crippen molar-refractivity contribution in [1.82, 2.24) is 20.2 Å². The molecule has 0 saturated heterocycles. The fraction of sp³-hybridized carbons (Fsp3) is 0.150. The number of anilines is 2. The maximum atomic E-state index is 14.4. The topological polar surface area (TPSA) is 66.5 Å². The summed E-state index contributed by atoms with van der Waals surface area (Å²) < 4.78 is 14.4. The van der Waals surface area contributed by atoms with Gasteiger partial charge in [0.2, 0.25) is 0 Å². The zero-order valence-electron chi connectivity index (χ0n) is 14.8. The summed E-state index contributed by atoms with van der Waals surface area (Å²) in [7, 11) is 0. The summed E-state index contributed by atoms with van der Waals surface area (Å²) in [4.78, 5) is 9.09. The Bertz CT molecular complexity index is 1120. The lowest BCUT2D eigenvalue weighted by atomic mass is 10.1. The Hall–Kier alpha value is -3.28. The van der Waals surface area contributed by atoms with E-state index < -0.39 is 0 Å². The van der Waals surface area contributed by atoms with Crippen LogP contribution in [0.25, 0.3) is 22.3 Å². The van der Waals surface area contributed by atoms with Gasteiger partial charge < -0.3 is 5.32 Å². The summed E-state index contributed by atoms with van der Waals surface area (Å²) in [6.45, 7) is 5.95. The lowest BCUT2D eigenvalue weighted by molar-refractivity contribution is 0.633. The van der Waals surface area contributed by atoms with E-state index in [4.69, 9.17) is 0 Å². The van der Waals surface area contributed by atoms with Gasteiger partial charge in [-0.25, -0.2) is 14.4 Å². The SMILES string of the molecule is Cc1ccc(C)c(-c2ncc(C)c(Nc3cc4cn[nH]c4cc3F)n2)c1. The van der Waals surface area contributed by atoms with Gasteiger partial charge in [0.25, 0.3) is 0 Å². The van der Waals surface area contributed by atoms with Crippen LogP contribution in [0.5, 0.6) is 0 Å².